The molecule has 1 saturated carbocycles. The van der Waals surface area contributed by atoms with Gasteiger partial charge in [0, 0.05) is 18.5 Å². The van der Waals surface area contributed by atoms with E-state index < -0.39 is 11.3 Å². The molecule has 1 aliphatic carbocycles. The van der Waals surface area contributed by atoms with Crippen molar-refractivity contribution in [1.29, 1.82) is 0 Å². The molecule has 0 spiro atoms. The van der Waals surface area contributed by atoms with E-state index in [4.69, 9.17) is 5.73 Å². The van der Waals surface area contributed by atoms with E-state index in [9.17, 15) is 9.59 Å². The predicted octanol–water partition coefficient (Wildman–Crippen LogP) is 1.35. The third-order valence-corrected chi connectivity index (χ3v) is 3.69. The van der Waals surface area contributed by atoms with Gasteiger partial charge in [-0.2, -0.15) is 0 Å². The molecule has 0 bridgehead atoms. The minimum Gasteiger partial charge on any atom is -0.369 e. The normalized spacial score (nSPS) is 21.1. The summed E-state index contributed by atoms with van der Waals surface area (Å²) in [5.74, 6) is -0.0301. The highest BCUT2D eigenvalue weighted by Crippen LogP contribution is 2.40. The van der Waals surface area contributed by atoms with Gasteiger partial charge in [0.1, 0.15) is 0 Å². The molecule has 0 saturated heterocycles. The number of rotatable bonds is 5. The lowest BCUT2D eigenvalue weighted by atomic mass is 9.93. The van der Waals surface area contributed by atoms with Gasteiger partial charge in [0.25, 0.3) is 0 Å². The second-order valence-electron chi connectivity index (χ2n) is 5.93. The lowest BCUT2D eigenvalue weighted by Crippen LogP contribution is -2.46. The number of nitrogens with one attached hydrogen (secondary N) is 2. The van der Waals surface area contributed by atoms with E-state index in [1.54, 1.807) is 13.8 Å². The number of carbonyl (C=O) groups is 2. The molecular weight excluding hydrogens is 254 g/mol. The largest absolute Gasteiger partial charge is 0.369 e. The second kappa shape index (κ2) is 5.53. The van der Waals surface area contributed by atoms with Gasteiger partial charge in [0.15, 0.2) is 0 Å². The van der Waals surface area contributed by atoms with Crippen LogP contribution in [0.25, 0.3) is 0 Å². The van der Waals surface area contributed by atoms with E-state index in [0.29, 0.717) is 5.92 Å². The minimum absolute atomic E-state index is 0.175. The van der Waals surface area contributed by atoms with E-state index in [1.807, 2.05) is 18.2 Å². The molecule has 1 aliphatic rings. The van der Waals surface area contributed by atoms with E-state index >= 15 is 0 Å². The maximum Gasteiger partial charge on any atom is 0.315 e. The van der Waals surface area contributed by atoms with E-state index in [0.717, 1.165) is 6.42 Å². The third kappa shape index (κ3) is 3.50. The van der Waals surface area contributed by atoms with Crippen LogP contribution in [0.15, 0.2) is 30.3 Å². The minimum atomic E-state index is -0.736. The fraction of sp³-hybridized carbons (Fsp3) is 0.467. The number of urea groups is 1. The summed E-state index contributed by atoms with van der Waals surface area (Å²) < 4.78 is 0. The quantitative estimate of drug-likeness (QED) is 0.758. The molecular formula is C15H21N3O2. The van der Waals surface area contributed by atoms with Crippen molar-refractivity contribution in [1.82, 2.24) is 10.6 Å². The van der Waals surface area contributed by atoms with Crippen LogP contribution in [0.3, 0.4) is 0 Å². The van der Waals surface area contributed by atoms with Crippen molar-refractivity contribution < 1.29 is 9.59 Å². The maximum atomic E-state index is 11.8. The monoisotopic (exact) mass is 275 g/mol. The summed E-state index contributed by atoms with van der Waals surface area (Å²) in [5, 5.41) is 5.61. The van der Waals surface area contributed by atoms with Gasteiger partial charge in [0.05, 0.1) is 5.41 Å². The maximum absolute atomic E-state index is 11.8. The molecule has 0 radical (unpaired) electrons. The Balaban J connectivity index is 1.76. The van der Waals surface area contributed by atoms with Gasteiger partial charge >= 0.3 is 6.03 Å². The lowest BCUT2D eigenvalue weighted by Gasteiger charge is -2.20. The van der Waals surface area contributed by atoms with Crippen LogP contribution in [0.1, 0.15) is 31.7 Å². The number of carbonyl (C=O) groups excluding carboxylic acids is 2. The average molecular weight is 275 g/mol. The molecule has 5 heteroatoms. The highest BCUT2D eigenvalue weighted by atomic mass is 16.2. The molecule has 2 unspecified atom stereocenters. The molecule has 1 aromatic carbocycles. The van der Waals surface area contributed by atoms with Gasteiger partial charge in [-0.15, -0.1) is 0 Å². The fourth-order valence-corrected chi connectivity index (χ4v) is 2.03. The predicted molar refractivity (Wildman–Crippen MR) is 77.1 cm³/mol. The molecule has 0 aromatic heterocycles. The number of amides is 3. The fourth-order valence-electron chi connectivity index (χ4n) is 2.03. The first-order valence-electron chi connectivity index (χ1n) is 6.79. The van der Waals surface area contributed by atoms with Crippen molar-refractivity contribution in [2.45, 2.75) is 32.2 Å². The van der Waals surface area contributed by atoms with Gasteiger partial charge in [0.2, 0.25) is 5.91 Å². The van der Waals surface area contributed by atoms with E-state index in [1.165, 1.54) is 5.56 Å². The van der Waals surface area contributed by atoms with E-state index in [-0.39, 0.29) is 18.6 Å². The van der Waals surface area contributed by atoms with Crippen LogP contribution in [0.5, 0.6) is 0 Å². The van der Waals surface area contributed by atoms with Crippen LogP contribution in [0.4, 0.5) is 4.79 Å². The second-order valence-corrected chi connectivity index (χ2v) is 5.93. The molecule has 2 rings (SSSR count). The summed E-state index contributed by atoms with van der Waals surface area (Å²) in [6.07, 6.45) is 0.955. The average Bonchev–Trinajstić information content (AvgIpc) is 3.16. The number of nitrogens with two attached hydrogens (primary N) is 1. The van der Waals surface area contributed by atoms with Gasteiger partial charge in [-0.05, 0) is 25.8 Å². The molecule has 0 heterocycles. The molecule has 4 N–H and O–H groups in total. The van der Waals surface area contributed by atoms with Crippen molar-refractivity contribution >= 4 is 11.9 Å². The van der Waals surface area contributed by atoms with Gasteiger partial charge in [-0.25, -0.2) is 4.79 Å². The smallest absolute Gasteiger partial charge is 0.315 e. The standard InChI is InChI=1S/C15H21N3O2/c1-15(2,13(16)19)9-17-14(20)18-12-8-11(12)10-6-4-3-5-7-10/h3-7,11-12H,8-9H2,1-2H3,(H2,16,19)(H2,17,18,20). The first-order chi connectivity index (χ1) is 9.40. The Morgan fingerprint density at radius 1 is 1.30 bits per heavy atom. The number of hydrogen-bond donors (Lipinski definition) is 3. The van der Waals surface area contributed by atoms with Crippen LogP contribution < -0.4 is 16.4 Å². The van der Waals surface area contributed by atoms with Crippen molar-refractivity contribution in [3.05, 3.63) is 35.9 Å². The summed E-state index contributed by atoms with van der Waals surface area (Å²) in [6.45, 7) is 3.65. The summed E-state index contributed by atoms with van der Waals surface area (Å²) in [6, 6.07) is 10.0. The first kappa shape index (κ1) is 14.4. The highest BCUT2D eigenvalue weighted by Gasteiger charge is 2.39. The van der Waals surface area contributed by atoms with Crippen molar-refractivity contribution in [3.63, 3.8) is 0 Å². The Hall–Kier alpha value is -2.04. The number of hydrogen-bond acceptors (Lipinski definition) is 2. The van der Waals surface area contributed by atoms with Gasteiger partial charge in [-0.3, -0.25) is 4.79 Å². The molecule has 3 amide bonds. The highest BCUT2D eigenvalue weighted by molar-refractivity contribution is 5.81. The first-order valence-corrected chi connectivity index (χ1v) is 6.79. The zero-order valence-electron chi connectivity index (χ0n) is 11.8. The Morgan fingerprint density at radius 2 is 1.95 bits per heavy atom. The molecule has 1 fully saturated rings. The molecule has 1 aromatic rings. The van der Waals surface area contributed by atoms with Crippen molar-refractivity contribution in [2.24, 2.45) is 11.1 Å². The molecule has 5 nitrogen and oxygen atoms in total. The van der Waals surface area contributed by atoms with Gasteiger partial charge in [-0.1, -0.05) is 30.3 Å². The topological polar surface area (TPSA) is 84.2 Å². The summed E-state index contributed by atoms with van der Waals surface area (Å²) in [5.41, 5.74) is 5.77. The van der Waals surface area contributed by atoms with Crippen LogP contribution in [-0.4, -0.2) is 24.5 Å². The Kier molecular flexibility index (Phi) is 3.97. The molecule has 20 heavy (non-hydrogen) atoms. The Bertz CT molecular complexity index is 499. The molecule has 108 valence electrons. The van der Waals surface area contributed by atoms with Gasteiger partial charge < -0.3 is 16.4 Å². The van der Waals surface area contributed by atoms with Crippen LogP contribution in [0.2, 0.25) is 0 Å². The third-order valence-electron chi connectivity index (χ3n) is 3.69. The SMILES string of the molecule is CC(C)(CNC(=O)NC1CC1c1ccccc1)C(N)=O. The summed E-state index contributed by atoms with van der Waals surface area (Å²) in [7, 11) is 0. The van der Waals surface area contributed by atoms with Crippen LogP contribution >= 0.6 is 0 Å². The number of primary amides is 1. The number of benzene rings is 1. The van der Waals surface area contributed by atoms with Crippen molar-refractivity contribution in [2.75, 3.05) is 6.54 Å². The lowest BCUT2D eigenvalue weighted by molar-refractivity contribution is -0.125. The van der Waals surface area contributed by atoms with Crippen molar-refractivity contribution in [3.8, 4) is 0 Å². The zero-order chi connectivity index (χ0) is 14.8. The Morgan fingerprint density at radius 3 is 2.55 bits per heavy atom. The Labute approximate surface area is 118 Å². The van der Waals surface area contributed by atoms with Crippen LogP contribution in [0, 0.1) is 5.41 Å². The molecule has 2 atom stereocenters. The van der Waals surface area contributed by atoms with Crippen LogP contribution in [-0.2, 0) is 4.79 Å². The van der Waals surface area contributed by atoms with E-state index in [2.05, 4.69) is 22.8 Å². The zero-order valence-corrected chi connectivity index (χ0v) is 11.8. The molecule has 0 aliphatic heterocycles. The summed E-state index contributed by atoms with van der Waals surface area (Å²) >= 11 is 0. The summed E-state index contributed by atoms with van der Waals surface area (Å²) in [4.78, 5) is 22.9.